The molecule has 6 nitrogen and oxygen atoms in total. The van der Waals surface area contributed by atoms with Gasteiger partial charge >= 0.3 is 6.18 Å². The Labute approximate surface area is 200 Å². The Morgan fingerprint density at radius 1 is 1.14 bits per heavy atom. The van der Waals surface area contributed by atoms with Crippen LogP contribution < -0.4 is 14.8 Å². The zero-order chi connectivity index (χ0) is 25.3. The summed E-state index contributed by atoms with van der Waals surface area (Å²) in [5.41, 5.74) is -0.886. The number of fused-ring (bicyclic) bond motifs is 1. The maximum absolute atomic E-state index is 14.7. The molecule has 0 bridgehead atoms. The van der Waals surface area contributed by atoms with Gasteiger partial charge in [0.05, 0.1) is 30.3 Å². The summed E-state index contributed by atoms with van der Waals surface area (Å²) in [5, 5.41) is 3.62. The van der Waals surface area contributed by atoms with Gasteiger partial charge in [-0.05, 0) is 45.7 Å². The fraction of sp³-hybridized carbons (Fsp3) is 0.440. The fourth-order valence-electron chi connectivity index (χ4n) is 4.25. The van der Waals surface area contributed by atoms with Gasteiger partial charge in [0.2, 0.25) is 0 Å². The molecule has 188 valence electrons. The van der Waals surface area contributed by atoms with Gasteiger partial charge in [0.1, 0.15) is 23.6 Å². The Hall–Kier alpha value is -3.14. The molecule has 1 aliphatic heterocycles. The summed E-state index contributed by atoms with van der Waals surface area (Å²) in [4.78, 5) is 8.89. The first-order valence-corrected chi connectivity index (χ1v) is 11.3. The van der Waals surface area contributed by atoms with Gasteiger partial charge in [0.15, 0.2) is 11.5 Å². The van der Waals surface area contributed by atoms with Gasteiger partial charge in [0, 0.05) is 23.6 Å². The lowest BCUT2D eigenvalue weighted by molar-refractivity contribution is -0.140. The number of aryl methyl sites for hydroxylation is 1. The third-order valence-electron chi connectivity index (χ3n) is 6.05. The van der Waals surface area contributed by atoms with Crippen molar-refractivity contribution in [2.45, 2.75) is 58.0 Å². The van der Waals surface area contributed by atoms with E-state index in [2.05, 4.69) is 15.3 Å². The number of halogens is 4. The zero-order valence-electron chi connectivity index (χ0n) is 19.9. The Balaban J connectivity index is 1.71. The molecule has 2 heterocycles. The van der Waals surface area contributed by atoms with Gasteiger partial charge in [-0.3, -0.25) is 0 Å². The molecule has 3 aromatic rings. The smallest absolute Gasteiger partial charge is 0.419 e. The normalized spacial score (nSPS) is 17.9. The standard InChI is InChI=1S/C25H27F4N3O3/c1-13(16-7-5-8-18(23(16)26)25(27,28)29)30-24-17-11-22(35-14(2)20-9-6-10-34-20)21(33-4)12-19(17)31-15(3)32-24/h5,7-8,11-14,20H,6,9-10H2,1-4H3,(H,30,31,32)/t13-,14?,20-/m1/s1. The first-order valence-electron chi connectivity index (χ1n) is 11.3. The van der Waals surface area contributed by atoms with Crippen molar-refractivity contribution in [1.29, 1.82) is 0 Å². The molecule has 0 spiro atoms. The molecule has 1 N–H and O–H groups in total. The van der Waals surface area contributed by atoms with Crippen molar-refractivity contribution >= 4 is 16.7 Å². The molecule has 1 fully saturated rings. The van der Waals surface area contributed by atoms with E-state index in [4.69, 9.17) is 14.2 Å². The molecular weight excluding hydrogens is 466 g/mol. The number of nitrogens with one attached hydrogen (secondary N) is 1. The summed E-state index contributed by atoms with van der Waals surface area (Å²) in [7, 11) is 1.52. The van der Waals surface area contributed by atoms with Crippen molar-refractivity contribution in [1.82, 2.24) is 9.97 Å². The van der Waals surface area contributed by atoms with Gasteiger partial charge in [-0.1, -0.05) is 12.1 Å². The number of alkyl halides is 3. The molecule has 1 aromatic heterocycles. The molecule has 0 amide bonds. The van der Waals surface area contributed by atoms with E-state index in [9.17, 15) is 17.6 Å². The molecule has 1 unspecified atom stereocenters. The second-order valence-corrected chi connectivity index (χ2v) is 8.59. The first-order chi connectivity index (χ1) is 16.6. The zero-order valence-corrected chi connectivity index (χ0v) is 19.9. The quantitative estimate of drug-likeness (QED) is 0.394. The van der Waals surface area contributed by atoms with E-state index in [-0.39, 0.29) is 17.8 Å². The number of hydrogen-bond donors (Lipinski definition) is 1. The van der Waals surface area contributed by atoms with Crippen molar-refractivity contribution in [2.24, 2.45) is 0 Å². The van der Waals surface area contributed by atoms with E-state index in [1.165, 1.54) is 19.2 Å². The van der Waals surface area contributed by atoms with Crippen molar-refractivity contribution in [2.75, 3.05) is 19.0 Å². The monoisotopic (exact) mass is 493 g/mol. The lowest BCUT2D eigenvalue weighted by Gasteiger charge is -2.23. The van der Waals surface area contributed by atoms with Crippen molar-refractivity contribution < 1.29 is 31.8 Å². The van der Waals surface area contributed by atoms with Gasteiger partial charge < -0.3 is 19.5 Å². The van der Waals surface area contributed by atoms with E-state index < -0.39 is 23.6 Å². The largest absolute Gasteiger partial charge is 0.493 e. The molecule has 3 atom stereocenters. The number of aromatic nitrogens is 2. The van der Waals surface area contributed by atoms with E-state index >= 15 is 0 Å². The van der Waals surface area contributed by atoms with E-state index in [0.29, 0.717) is 40.7 Å². The second-order valence-electron chi connectivity index (χ2n) is 8.59. The third kappa shape index (κ3) is 5.27. The van der Waals surface area contributed by atoms with Gasteiger partial charge in [-0.25, -0.2) is 14.4 Å². The highest BCUT2D eigenvalue weighted by Crippen LogP contribution is 2.38. The maximum atomic E-state index is 14.7. The lowest BCUT2D eigenvalue weighted by Crippen LogP contribution is -2.28. The average Bonchev–Trinajstić information content (AvgIpc) is 3.33. The predicted octanol–water partition coefficient (Wildman–Crippen LogP) is 6.22. The number of benzene rings is 2. The maximum Gasteiger partial charge on any atom is 0.419 e. The number of methoxy groups -OCH3 is 1. The molecule has 4 rings (SSSR count). The molecule has 1 saturated heterocycles. The Bertz CT molecular complexity index is 1210. The highest BCUT2D eigenvalue weighted by atomic mass is 19.4. The lowest BCUT2D eigenvalue weighted by atomic mass is 10.0. The van der Waals surface area contributed by atoms with Crippen LogP contribution in [0.25, 0.3) is 10.9 Å². The van der Waals surface area contributed by atoms with Crippen LogP contribution in [0, 0.1) is 12.7 Å². The first kappa shape index (κ1) is 25.0. The Kier molecular flexibility index (Phi) is 7.02. The summed E-state index contributed by atoms with van der Waals surface area (Å²) < 4.78 is 71.7. The summed E-state index contributed by atoms with van der Waals surface area (Å²) >= 11 is 0. The Morgan fingerprint density at radius 2 is 1.91 bits per heavy atom. The SMILES string of the molecule is COc1cc2nc(C)nc(N[C@H](C)c3cccc(C(F)(F)F)c3F)c2cc1OC(C)[C@H]1CCCO1. The van der Waals surface area contributed by atoms with Gasteiger partial charge in [-0.15, -0.1) is 0 Å². The van der Waals surface area contributed by atoms with E-state index in [0.717, 1.165) is 18.9 Å². The Morgan fingerprint density at radius 3 is 2.57 bits per heavy atom. The summed E-state index contributed by atoms with van der Waals surface area (Å²) in [6.07, 6.45) is -3.19. The molecule has 1 aliphatic rings. The van der Waals surface area contributed by atoms with Crippen LogP contribution >= 0.6 is 0 Å². The minimum absolute atomic E-state index is 0.0360. The van der Waals surface area contributed by atoms with Crippen molar-refractivity contribution in [3.8, 4) is 11.5 Å². The molecule has 0 radical (unpaired) electrons. The topological polar surface area (TPSA) is 65.5 Å². The molecule has 10 heteroatoms. The van der Waals surface area contributed by atoms with Crippen molar-refractivity contribution in [3.05, 3.63) is 53.1 Å². The van der Waals surface area contributed by atoms with Crippen LogP contribution in [0.2, 0.25) is 0 Å². The summed E-state index contributed by atoms with van der Waals surface area (Å²) in [6.45, 7) is 5.88. The highest BCUT2D eigenvalue weighted by Gasteiger charge is 2.35. The van der Waals surface area contributed by atoms with Crippen molar-refractivity contribution in [3.63, 3.8) is 0 Å². The van der Waals surface area contributed by atoms with E-state index in [1.807, 2.05) is 6.92 Å². The van der Waals surface area contributed by atoms with Crippen LogP contribution in [0.5, 0.6) is 11.5 Å². The van der Waals surface area contributed by atoms with Crippen LogP contribution in [0.15, 0.2) is 30.3 Å². The number of anilines is 1. The number of hydrogen-bond acceptors (Lipinski definition) is 6. The molecular formula is C25H27F4N3O3. The average molecular weight is 494 g/mol. The van der Waals surface area contributed by atoms with Crippen LogP contribution in [0.1, 0.15) is 49.7 Å². The van der Waals surface area contributed by atoms with Crippen LogP contribution in [-0.4, -0.2) is 35.9 Å². The number of rotatable bonds is 7. The highest BCUT2D eigenvalue weighted by molar-refractivity contribution is 5.92. The predicted molar refractivity (Wildman–Crippen MR) is 123 cm³/mol. The van der Waals surface area contributed by atoms with Crippen LogP contribution in [-0.2, 0) is 10.9 Å². The van der Waals surface area contributed by atoms with Gasteiger partial charge in [-0.2, -0.15) is 13.2 Å². The number of nitrogens with zero attached hydrogens (tertiary/aromatic N) is 2. The molecule has 0 saturated carbocycles. The summed E-state index contributed by atoms with van der Waals surface area (Å²) in [6, 6.07) is 5.85. The summed E-state index contributed by atoms with van der Waals surface area (Å²) in [5.74, 6) is 0.389. The minimum atomic E-state index is -4.79. The minimum Gasteiger partial charge on any atom is -0.493 e. The van der Waals surface area contributed by atoms with Crippen LogP contribution in [0.4, 0.5) is 23.4 Å². The third-order valence-corrected chi connectivity index (χ3v) is 6.05. The van der Waals surface area contributed by atoms with Crippen LogP contribution in [0.3, 0.4) is 0 Å². The molecule has 35 heavy (non-hydrogen) atoms. The molecule has 0 aliphatic carbocycles. The molecule has 2 aromatic carbocycles. The second kappa shape index (κ2) is 9.85. The fourth-order valence-corrected chi connectivity index (χ4v) is 4.25. The van der Waals surface area contributed by atoms with Gasteiger partial charge in [0.25, 0.3) is 0 Å². The number of ether oxygens (including phenoxy) is 3. The van der Waals surface area contributed by atoms with E-state index in [1.54, 1.807) is 26.0 Å².